The lowest BCUT2D eigenvalue weighted by Crippen LogP contribution is -2.40. The first-order valence-electron chi connectivity index (χ1n) is 9.01. The molecule has 2 saturated carbocycles. The van der Waals surface area contributed by atoms with Crippen LogP contribution in [0.5, 0.6) is 0 Å². The third-order valence-corrected chi connectivity index (χ3v) is 7.10. The van der Waals surface area contributed by atoms with Crippen LogP contribution in [0.2, 0.25) is 0 Å². The predicted molar refractivity (Wildman–Crippen MR) is 91.5 cm³/mol. The molecule has 0 saturated heterocycles. The molecule has 0 spiro atoms. The Balaban J connectivity index is 1.65. The molecule has 0 aromatic heterocycles. The van der Waals surface area contributed by atoms with Crippen molar-refractivity contribution in [3.8, 4) is 0 Å². The van der Waals surface area contributed by atoms with Gasteiger partial charge in [-0.25, -0.2) is 0 Å². The van der Waals surface area contributed by atoms with Crippen molar-refractivity contribution >= 4 is 5.97 Å². The summed E-state index contributed by atoms with van der Waals surface area (Å²) in [7, 11) is 0. The predicted octanol–water partition coefficient (Wildman–Crippen LogP) is 4.73. The molecule has 23 heavy (non-hydrogen) atoms. The average Bonchev–Trinajstić information content (AvgIpc) is 2.82. The minimum atomic E-state index is -0.739. The lowest BCUT2D eigenvalue weighted by atomic mass is 9.55. The van der Waals surface area contributed by atoms with Crippen LogP contribution in [0.25, 0.3) is 0 Å². The van der Waals surface area contributed by atoms with Gasteiger partial charge in [0.2, 0.25) is 0 Å². The molecule has 122 valence electrons. The van der Waals surface area contributed by atoms with Crippen molar-refractivity contribution in [1.82, 2.24) is 0 Å². The van der Waals surface area contributed by atoms with Crippen LogP contribution in [0, 0.1) is 17.3 Å². The van der Waals surface area contributed by atoms with Gasteiger partial charge in [0.15, 0.2) is 0 Å². The lowest BCUT2D eigenvalue weighted by molar-refractivity contribution is -0.136. The molecule has 0 heterocycles. The van der Waals surface area contributed by atoms with Gasteiger partial charge in [0, 0.05) is 0 Å². The first kappa shape index (κ1) is 15.0. The smallest absolute Gasteiger partial charge is 0.307 e. The molecule has 1 aromatic rings. The highest BCUT2D eigenvalue weighted by atomic mass is 16.4. The van der Waals surface area contributed by atoms with Crippen molar-refractivity contribution in [2.24, 2.45) is 17.3 Å². The van der Waals surface area contributed by atoms with Crippen molar-refractivity contribution in [1.29, 1.82) is 0 Å². The van der Waals surface area contributed by atoms with Crippen LogP contribution in [0.3, 0.4) is 0 Å². The molecule has 4 atom stereocenters. The quantitative estimate of drug-likeness (QED) is 0.802. The average molecular weight is 310 g/mol. The molecule has 1 N–H and O–H groups in total. The molecule has 0 amide bonds. The van der Waals surface area contributed by atoms with Crippen molar-refractivity contribution in [3.63, 3.8) is 0 Å². The van der Waals surface area contributed by atoms with Crippen LogP contribution in [-0.2, 0) is 17.6 Å². The summed E-state index contributed by atoms with van der Waals surface area (Å²) in [6.07, 6.45) is 7.60. The second kappa shape index (κ2) is 5.22. The summed E-state index contributed by atoms with van der Waals surface area (Å²) in [4.78, 5) is 10.9. The summed E-state index contributed by atoms with van der Waals surface area (Å²) in [5.74, 6) is 1.55. The highest BCUT2D eigenvalue weighted by Crippen LogP contribution is 2.62. The summed E-state index contributed by atoms with van der Waals surface area (Å²) in [6, 6.07) is 6.43. The maximum absolute atomic E-state index is 10.9. The highest BCUT2D eigenvalue weighted by Gasteiger charge is 2.51. The molecule has 0 aliphatic heterocycles. The minimum absolute atomic E-state index is 0.141. The van der Waals surface area contributed by atoms with Gasteiger partial charge < -0.3 is 5.11 Å². The molecule has 1 aromatic carbocycles. The standard InChI is InChI=1S/C21H26O2/c1-13-3-8-19-18-7-5-15-11-14(12-20(22)23)4-6-16(15)17(18)9-10-21(13,19)2/h4,6,11,17-19H,1,3,5,7-10,12H2,2H3,(H,22,23)/t17-,18-,19+,21-/m1/s1. The number of aryl methyl sites for hydroxylation is 1. The Hall–Kier alpha value is -1.57. The van der Waals surface area contributed by atoms with E-state index in [1.165, 1.54) is 48.8 Å². The van der Waals surface area contributed by atoms with Crippen LogP contribution in [0.4, 0.5) is 0 Å². The van der Waals surface area contributed by atoms with Crippen molar-refractivity contribution in [2.75, 3.05) is 0 Å². The Morgan fingerprint density at radius 2 is 2.13 bits per heavy atom. The molecule has 4 rings (SSSR count). The summed E-state index contributed by atoms with van der Waals surface area (Å²) in [5.41, 5.74) is 5.73. The largest absolute Gasteiger partial charge is 0.481 e. The fraction of sp³-hybridized carbons (Fsp3) is 0.571. The van der Waals surface area contributed by atoms with E-state index >= 15 is 0 Å². The van der Waals surface area contributed by atoms with E-state index in [1.807, 2.05) is 6.07 Å². The summed E-state index contributed by atoms with van der Waals surface area (Å²) in [5, 5.41) is 9.01. The fourth-order valence-corrected chi connectivity index (χ4v) is 5.83. The van der Waals surface area contributed by atoms with E-state index in [0.717, 1.165) is 23.8 Å². The van der Waals surface area contributed by atoms with Gasteiger partial charge in [-0.1, -0.05) is 37.3 Å². The molecule has 2 fully saturated rings. The molecule has 0 bridgehead atoms. The zero-order valence-electron chi connectivity index (χ0n) is 14.0. The Bertz CT molecular complexity index is 674. The third-order valence-electron chi connectivity index (χ3n) is 7.10. The van der Waals surface area contributed by atoms with Crippen LogP contribution in [0.15, 0.2) is 30.4 Å². The van der Waals surface area contributed by atoms with Crippen molar-refractivity contribution in [2.45, 2.75) is 57.8 Å². The summed E-state index contributed by atoms with van der Waals surface area (Å²) < 4.78 is 0. The van der Waals surface area contributed by atoms with Gasteiger partial charge >= 0.3 is 5.97 Å². The Kier molecular flexibility index (Phi) is 3.40. The molecule has 0 unspecified atom stereocenters. The number of rotatable bonds is 2. The summed E-state index contributed by atoms with van der Waals surface area (Å²) >= 11 is 0. The number of carboxylic acid groups (broad SMARTS) is 1. The molecule has 3 aliphatic carbocycles. The van der Waals surface area contributed by atoms with E-state index < -0.39 is 5.97 Å². The van der Waals surface area contributed by atoms with Crippen LogP contribution < -0.4 is 0 Å². The van der Waals surface area contributed by atoms with E-state index in [4.69, 9.17) is 5.11 Å². The monoisotopic (exact) mass is 310 g/mol. The fourth-order valence-electron chi connectivity index (χ4n) is 5.83. The number of benzene rings is 1. The Morgan fingerprint density at radius 3 is 2.91 bits per heavy atom. The number of carboxylic acids is 1. The van der Waals surface area contributed by atoms with Crippen molar-refractivity contribution < 1.29 is 9.90 Å². The maximum atomic E-state index is 10.9. The first-order chi connectivity index (χ1) is 11.0. The number of hydrogen-bond acceptors (Lipinski definition) is 1. The number of carbonyl (C=O) groups is 1. The van der Waals surface area contributed by atoms with E-state index in [1.54, 1.807) is 0 Å². The van der Waals surface area contributed by atoms with Crippen LogP contribution in [0.1, 0.15) is 61.6 Å². The number of fused-ring (bicyclic) bond motifs is 5. The van der Waals surface area contributed by atoms with Crippen LogP contribution in [-0.4, -0.2) is 11.1 Å². The Labute approximate surface area is 138 Å². The molecular formula is C21H26O2. The molecular weight excluding hydrogens is 284 g/mol. The molecule has 2 heteroatoms. The SMILES string of the molecule is C=C1CC[C@H]2[C@@H]3CCc4cc(CC(=O)O)ccc4[C@H]3CC[C@]12C. The Morgan fingerprint density at radius 1 is 1.30 bits per heavy atom. The van der Waals surface area contributed by atoms with E-state index in [0.29, 0.717) is 11.3 Å². The first-order valence-corrected chi connectivity index (χ1v) is 9.01. The van der Waals surface area contributed by atoms with Gasteiger partial charge in [-0.15, -0.1) is 0 Å². The van der Waals surface area contributed by atoms with Crippen molar-refractivity contribution in [3.05, 3.63) is 47.0 Å². The van der Waals surface area contributed by atoms with E-state index in [9.17, 15) is 4.79 Å². The van der Waals surface area contributed by atoms with Gasteiger partial charge in [-0.05, 0) is 78.4 Å². The van der Waals surface area contributed by atoms with E-state index in [-0.39, 0.29) is 6.42 Å². The minimum Gasteiger partial charge on any atom is -0.481 e. The molecule has 2 nitrogen and oxygen atoms in total. The van der Waals surface area contributed by atoms with Crippen LogP contribution >= 0.6 is 0 Å². The van der Waals surface area contributed by atoms with Gasteiger partial charge in [0.25, 0.3) is 0 Å². The van der Waals surface area contributed by atoms with Gasteiger partial charge in [-0.3, -0.25) is 4.79 Å². The topological polar surface area (TPSA) is 37.3 Å². The molecule has 3 aliphatic rings. The summed E-state index contributed by atoms with van der Waals surface area (Å²) in [6.45, 7) is 6.83. The maximum Gasteiger partial charge on any atom is 0.307 e. The highest BCUT2D eigenvalue weighted by molar-refractivity contribution is 5.70. The van der Waals surface area contributed by atoms with Gasteiger partial charge in [0.1, 0.15) is 0 Å². The lowest BCUT2D eigenvalue weighted by Gasteiger charge is -2.49. The van der Waals surface area contributed by atoms with Gasteiger partial charge in [-0.2, -0.15) is 0 Å². The second-order valence-electron chi connectivity index (χ2n) is 8.12. The number of hydrogen-bond donors (Lipinski definition) is 1. The second-order valence-corrected chi connectivity index (χ2v) is 8.12. The normalized spacial score (nSPS) is 35.3. The zero-order chi connectivity index (χ0) is 16.2. The molecule has 0 radical (unpaired) electrons. The number of aliphatic carboxylic acids is 1. The number of allylic oxidation sites excluding steroid dienone is 1. The zero-order valence-corrected chi connectivity index (χ0v) is 14.0. The van der Waals surface area contributed by atoms with E-state index in [2.05, 4.69) is 25.6 Å². The third kappa shape index (κ3) is 2.26. The van der Waals surface area contributed by atoms with Gasteiger partial charge in [0.05, 0.1) is 6.42 Å².